The molecule has 0 bridgehead atoms. The van der Waals surface area contributed by atoms with Gasteiger partial charge in [0.05, 0.1) is 18.7 Å². The van der Waals surface area contributed by atoms with Crippen molar-refractivity contribution in [2.24, 2.45) is 5.92 Å². The van der Waals surface area contributed by atoms with Crippen LogP contribution >= 0.6 is 0 Å². The highest BCUT2D eigenvalue weighted by molar-refractivity contribution is 5.77. The van der Waals surface area contributed by atoms with Gasteiger partial charge in [0.15, 0.2) is 0 Å². The van der Waals surface area contributed by atoms with Gasteiger partial charge in [-0.1, -0.05) is 6.42 Å². The first-order valence-corrected chi connectivity index (χ1v) is 5.07. The van der Waals surface area contributed by atoms with Crippen molar-refractivity contribution in [3.8, 4) is 0 Å². The Labute approximate surface area is 78.7 Å². The third kappa shape index (κ3) is 1.85. The molecule has 1 heterocycles. The molecule has 0 aromatic carbocycles. The van der Waals surface area contributed by atoms with E-state index < -0.39 is 5.60 Å². The maximum atomic E-state index is 11.5. The van der Waals surface area contributed by atoms with E-state index in [1.54, 1.807) is 11.8 Å². The van der Waals surface area contributed by atoms with Crippen molar-refractivity contribution in [1.82, 2.24) is 4.90 Å². The van der Waals surface area contributed by atoms with E-state index in [1.165, 1.54) is 19.3 Å². The molecule has 2 rings (SSSR count). The summed E-state index contributed by atoms with van der Waals surface area (Å²) in [6.07, 6.45) is 4.43. The molecule has 1 N–H and O–H groups in total. The highest BCUT2D eigenvalue weighted by atomic mass is 16.3. The van der Waals surface area contributed by atoms with Gasteiger partial charge in [-0.25, -0.2) is 0 Å². The van der Waals surface area contributed by atoms with Gasteiger partial charge in [0.1, 0.15) is 0 Å². The number of β-amino-alcohol motifs (C(OH)–C–C–N with tert-alkyl or cyclic N) is 1. The summed E-state index contributed by atoms with van der Waals surface area (Å²) in [5, 5.41) is 9.44. The van der Waals surface area contributed by atoms with Gasteiger partial charge in [-0.05, 0) is 25.7 Å². The van der Waals surface area contributed by atoms with Crippen LogP contribution in [0, 0.1) is 5.92 Å². The van der Waals surface area contributed by atoms with E-state index in [9.17, 15) is 9.90 Å². The van der Waals surface area contributed by atoms with Crippen LogP contribution in [-0.4, -0.2) is 34.6 Å². The highest BCUT2D eigenvalue weighted by Gasteiger charge is 2.39. The molecular formula is C10H17NO2. The van der Waals surface area contributed by atoms with Gasteiger partial charge in [-0.2, -0.15) is 0 Å². The van der Waals surface area contributed by atoms with E-state index in [2.05, 4.69) is 0 Å². The van der Waals surface area contributed by atoms with Crippen molar-refractivity contribution < 1.29 is 9.90 Å². The summed E-state index contributed by atoms with van der Waals surface area (Å²) in [5.74, 6) is 0.870. The Balaban J connectivity index is 1.73. The highest BCUT2D eigenvalue weighted by Crippen LogP contribution is 2.31. The second kappa shape index (κ2) is 2.98. The van der Waals surface area contributed by atoms with Gasteiger partial charge in [0, 0.05) is 6.42 Å². The Morgan fingerprint density at radius 1 is 1.54 bits per heavy atom. The molecule has 1 aliphatic carbocycles. The average Bonchev–Trinajstić information content (AvgIpc) is 1.91. The number of aliphatic hydroxyl groups is 1. The predicted octanol–water partition coefficient (Wildman–Crippen LogP) is 0.770. The zero-order valence-corrected chi connectivity index (χ0v) is 8.12. The van der Waals surface area contributed by atoms with Crippen LogP contribution in [0.1, 0.15) is 32.6 Å². The monoisotopic (exact) mass is 183 g/mol. The van der Waals surface area contributed by atoms with Crippen LogP contribution in [0.2, 0.25) is 0 Å². The van der Waals surface area contributed by atoms with E-state index in [0.29, 0.717) is 25.4 Å². The van der Waals surface area contributed by atoms with E-state index in [0.717, 1.165) is 0 Å². The third-order valence-corrected chi connectivity index (χ3v) is 3.10. The third-order valence-electron chi connectivity index (χ3n) is 3.10. The Hall–Kier alpha value is -0.570. The van der Waals surface area contributed by atoms with Crippen molar-refractivity contribution in [2.45, 2.75) is 38.2 Å². The molecule has 2 fully saturated rings. The molecule has 2 aliphatic rings. The molecule has 13 heavy (non-hydrogen) atoms. The molecule has 1 aliphatic heterocycles. The minimum atomic E-state index is -0.616. The largest absolute Gasteiger partial charge is 0.386 e. The summed E-state index contributed by atoms with van der Waals surface area (Å²) >= 11 is 0. The summed E-state index contributed by atoms with van der Waals surface area (Å²) in [6.45, 7) is 2.83. The van der Waals surface area contributed by atoms with Crippen molar-refractivity contribution in [3.05, 3.63) is 0 Å². The van der Waals surface area contributed by atoms with E-state index >= 15 is 0 Å². The molecule has 1 saturated carbocycles. The van der Waals surface area contributed by atoms with Crippen LogP contribution in [-0.2, 0) is 4.79 Å². The molecule has 0 spiro atoms. The smallest absolute Gasteiger partial charge is 0.223 e. The predicted molar refractivity (Wildman–Crippen MR) is 49.2 cm³/mol. The normalized spacial score (nSPS) is 26.5. The Morgan fingerprint density at radius 3 is 2.54 bits per heavy atom. The van der Waals surface area contributed by atoms with Crippen LogP contribution in [0.15, 0.2) is 0 Å². The quantitative estimate of drug-likeness (QED) is 0.687. The van der Waals surface area contributed by atoms with E-state index in [-0.39, 0.29) is 5.91 Å². The lowest BCUT2D eigenvalue weighted by Crippen LogP contribution is -2.61. The number of carbonyl (C=O) groups excluding carboxylic acids is 1. The second-order valence-electron chi connectivity index (χ2n) is 4.75. The fraction of sp³-hybridized carbons (Fsp3) is 0.900. The lowest BCUT2D eigenvalue weighted by molar-refractivity contribution is -0.153. The molecule has 3 nitrogen and oxygen atoms in total. The summed E-state index contributed by atoms with van der Waals surface area (Å²) in [4.78, 5) is 13.3. The number of nitrogens with zero attached hydrogens (tertiary/aromatic N) is 1. The first-order chi connectivity index (χ1) is 6.07. The first-order valence-electron chi connectivity index (χ1n) is 5.07. The molecule has 0 radical (unpaired) electrons. The maximum Gasteiger partial charge on any atom is 0.223 e. The number of carbonyl (C=O) groups is 1. The molecule has 1 saturated heterocycles. The Kier molecular flexibility index (Phi) is 2.06. The van der Waals surface area contributed by atoms with E-state index in [1.807, 2.05) is 0 Å². The van der Waals surface area contributed by atoms with Gasteiger partial charge in [-0.15, -0.1) is 0 Å². The molecule has 1 amide bonds. The molecule has 3 heteroatoms. The van der Waals surface area contributed by atoms with Crippen LogP contribution in [0.3, 0.4) is 0 Å². The van der Waals surface area contributed by atoms with Crippen molar-refractivity contribution in [3.63, 3.8) is 0 Å². The Morgan fingerprint density at radius 2 is 2.15 bits per heavy atom. The number of hydrogen-bond donors (Lipinski definition) is 1. The van der Waals surface area contributed by atoms with Gasteiger partial charge >= 0.3 is 0 Å². The van der Waals surface area contributed by atoms with Crippen molar-refractivity contribution in [1.29, 1.82) is 0 Å². The number of hydrogen-bond acceptors (Lipinski definition) is 2. The Bertz CT molecular complexity index is 213. The van der Waals surface area contributed by atoms with Crippen LogP contribution < -0.4 is 0 Å². The molecule has 74 valence electrons. The lowest BCUT2D eigenvalue weighted by atomic mass is 9.82. The summed E-state index contributed by atoms with van der Waals surface area (Å²) in [7, 11) is 0. The van der Waals surface area contributed by atoms with Crippen LogP contribution in [0.25, 0.3) is 0 Å². The van der Waals surface area contributed by atoms with Gasteiger partial charge in [0.25, 0.3) is 0 Å². The summed E-state index contributed by atoms with van der Waals surface area (Å²) in [5.41, 5.74) is -0.616. The minimum Gasteiger partial charge on any atom is -0.386 e. The number of rotatable bonds is 2. The number of amides is 1. The minimum absolute atomic E-state index is 0.233. The molecular weight excluding hydrogens is 166 g/mol. The molecule has 0 unspecified atom stereocenters. The van der Waals surface area contributed by atoms with Gasteiger partial charge in [-0.3, -0.25) is 4.79 Å². The standard InChI is InChI=1S/C10H17NO2/c1-10(13)6-11(7-10)9(12)5-8-3-2-4-8/h8,13H,2-7H2,1H3. The average molecular weight is 183 g/mol. The SMILES string of the molecule is CC1(O)CN(C(=O)CC2CCC2)C1. The van der Waals surface area contributed by atoms with Gasteiger partial charge < -0.3 is 10.0 Å². The molecule has 0 aromatic rings. The van der Waals surface area contributed by atoms with Crippen LogP contribution in [0.5, 0.6) is 0 Å². The second-order valence-corrected chi connectivity index (χ2v) is 4.75. The summed E-state index contributed by atoms with van der Waals surface area (Å²) in [6, 6.07) is 0. The fourth-order valence-corrected chi connectivity index (χ4v) is 2.03. The molecule has 0 atom stereocenters. The van der Waals surface area contributed by atoms with Crippen LogP contribution in [0.4, 0.5) is 0 Å². The van der Waals surface area contributed by atoms with E-state index in [4.69, 9.17) is 0 Å². The maximum absolute atomic E-state index is 11.5. The lowest BCUT2D eigenvalue weighted by Gasteiger charge is -2.45. The topological polar surface area (TPSA) is 40.5 Å². The number of likely N-dealkylation sites (tertiary alicyclic amines) is 1. The first kappa shape index (κ1) is 9.00. The molecule has 0 aromatic heterocycles. The van der Waals surface area contributed by atoms with Gasteiger partial charge in [0.2, 0.25) is 5.91 Å². The van der Waals surface area contributed by atoms with Crippen molar-refractivity contribution in [2.75, 3.05) is 13.1 Å². The zero-order valence-electron chi connectivity index (χ0n) is 8.12. The summed E-state index contributed by atoms with van der Waals surface area (Å²) < 4.78 is 0. The fourth-order valence-electron chi connectivity index (χ4n) is 2.03. The zero-order chi connectivity index (χ0) is 9.47. The van der Waals surface area contributed by atoms with Crippen molar-refractivity contribution >= 4 is 5.91 Å².